The molecule has 0 spiro atoms. The van der Waals surface area contributed by atoms with Crippen molar-refractivity contribution in [1.29, 1.82) is 0 Å². The monoisotopic (exact) mass is 359 g/mol. The van der Waals surface area contributed by atoms with Gasteiger partial charge in [0.25, 0.3) is 0 Å². The number of carbonyl (C=O) groups is 2. The van der Waals surface area contributed by atoms with Gasteiger partial charge in [-0.05, 0) is 64.2 Å². The van der Waals surface area contributed by atoms with Gasteiger partial charge in [0.1, 0.15) is 0 Å². The first-order valence-corrected chi connectivity index (χ1v) is 9.79. The van der Waals surface area contributed by atoms with E-state index >= 15 is 0 Å². The fourth-order valence-corrected chi connectivity index (χ4v) is 3.17. The number of nitrogens with one attached hydrogen (secondary N) is 2. The molecule has 1 fully saturated rings. The van der Waals surface area contributed by atoms with Crippen LogP contribution < -0.4 is 15.5 Å². The summed E-state index contributed by atoms with van der Waals surface area (Å²) in [5.41, 5.74) is 2.17. The number of rotatable bonds is 5. The summed E-state index contributed by atoms with van der Waals surface area (Å²) >= 11 is 0. The van der Waals surface area contributed by atoms with Gasteiger partial charge in [-0.25, -0.2) is 0 Å². The SMILES string of the molecule is CC(C)(C)NC(=O)C(=O)NCCCc1ccc(N2CCCCCC2)cc1. The second-order valence-corrected chi connectivity index (χ2v) is 8.13. The minimum absolute atomic E-state index is 0.399. The van der Waals surface area contributed by atoms with Crippen LogP contribution in [0.3, 0.4) is 0 Å². The van der Waals surface area contributed by atoms with Crippen molar-refractivity contribution in [3.63, 3.8) is 0 Å². The molecular weight excluding hydrogens is 326 g/mol. The quantitative estimate of drug-likeness (QED) is 0.627. The van der Waals surface area contributed by atoms with Crippen LogP contribution in [0.25, 0.3) is 0 Å². The third kappa shape index (κ3) is 7.06. The Morgan fingerprint density at radius 3 is 2.15 bits per heavy atom. The molecule has 5 heteroatoms. The van der Waals surface area contributed by atoms with Crippen LogP contribution in [0.4, 0.5) is 5.69 Å². The van der Waals surface area contributed by atoms with Gasteiger partial charge in [0.2, 0.25) is 0 Å². The maximum atomic E-state index is 11.8. The highest BCUT2D eigenvalue weighted by atomic mass is 16.2. The Morgan fingerprint density at radius 2 is 1.58 bits per heavy atom. The molecular formula is C21H33N3O2. The number of hydrogen-bond donors (Lipinski definition) is 2. The van der Waals surface area contributed by atoms with E-state index in [0.717, 1.165) is 25.9 Å². The molecule has 0 saturated carbocycles. The normalized spacial score (nSPS) is 15.3. The van der Waals surface area contributed by atoms with Crippen molar-refractivity contribution >= 4 is 17.5 Å². The summed E-state index contributed by atoms with van der Waals surface area (Å²) in [6.45, 7) is 8.38. The number of hydrogen-bond acceptors (Lipinski definition) is 3. The van der Waals surface area contributed by atoms with E-state index in [1.54, 1.807) is 0 Å². The lowest BCUT2D eigenvalue weighted by Crippen LogP contribution is -2.48. The van der Waals surface area contributed by atoms with Crippen molar-refractivity contribution < 1.29 is 9.59 Å². The molecule has 2 amide bonds. The first-order chi connectivity index (χ1) is 12.3. The van der Waals surface area contributed by atoms with Crippen molar-refractivity contribution in [1.82, 2.24) is 10.6 Å². The predicted molar refractivity (Wildman–Crippen MR) is 106 cm³/mol. The zero-order chi connectivity index (χ0) is 19.0. The number of amides is 2. The van der Waals surface area contributed by atoms with Crippen LogP contribution in [0.5, 0.6) is 0 Å². The number of aryl methyl sites for hydroxylation is 1. The van der Waals surface area contributed by atoms with Crippen LogP contribution in [-0.2, 0) is 16.0 Å². The number of nitrogens with zero attached hydrogens (tertiary/aromatic N) is 1. The molecule has 1 aliphatic rings. The smallest absolute Gasteiger partial charge is 0.309 e. The lowest BCUT2D eigenvalue weighted by Gasteiger charge is -2.22. The number of carbonyl (C=O) groups excluding carboxylic acids is 2. The van der Waals surface area contributed by atoms with E-state index in [2.05, 4.69) is 39.8 Å². The average Bonchev–Trinajstić information content (AvgIpc) is 2.87. The van der Waals surface area contributed by atoms with Gasteiger partial charge in [0.05, 0.1) is 0 Å². The van der Waals surface area contributed by atoms with Crippen molar-refractivity contribution in [3.8, 4) is 0 Å². The molecule has 1 heterocycles. The van der Waals surface area contributed by atoms with Gasteiger partial charge in [0, 0.05) is 30.9 Å². The van der Waals surface area contributed by atoms with Crippen LogP contribution in [0, 0.1) is 0 Å². The van der Waals surface area contributed by atoms with E-state index in [4.69, 9.17) is 0 Å². The maximum Gasteiger partial charge on any atom is 0.309 e. The van der Waals surface area contributed by atoms with Gasteiger partial charge >= 0.3 is 11.8 Å². The summed E-state index contributed by atoms with van der Waals surface area (Å²) in [5, 5.41) is 5.35. The van der Waals surface area contributed by atoms with Gasteiger partial charge in [-0.1, -0.05) is 25.0 Å². The Balaban J connectivity index is 1.71. The highest BCUT2D eigenvalue weighted by molar-refractivity contribution is 6.35. The van der Waals surface area contributed by atoms with E-state index in [-0.39, 0.29) is 0 Å². The van der Waals surface area contributed by atoms with E-state index < -0.39 is 17.4 Å². The molecule has 0 aliphatic carbocycles. The Kier molecular flexibility index (Phi) is 7.49. The third-order valence-corrected chi connectivity index (χ3v) is 4.53. The second-order valence-electron chi connectivity index (χ2n) is 8.13. The average molecular weight is 360 g/mol. The summed E-state index contributed by atoms with van der Waals surface area (Å²) in [5.74, 6) is -1.13. The predicted octanol–water partition coefficient (Wildman–Crippen LogP) is 3.03. The summed E-state index contributed by atoms with van der Waals surface area (Å²) in [6, 6.07) is 8.76. The molecule has 26 heavy (non-hydrogen) atoms. The Morgan fingerprint density at radius 1 is 0.962 bits per heavy atom. The maximum absolute atomic E-state index is 11.8. The third-order valence-electron chi connectivity index (χ3n) is 4.53. The molecule has 2 rings (SSSR count). The van der Waals surface area contributed by atoms with E-state index in [1.165, 1.54) is 36.9 Å². The topological polar surface area (TPSA) is 61.4 Å². The van der Waals surface area contributed by atoms with Crippen molar-refractivity contribution in [3.05, 3.63) is 29.8 Å². The molecule has 0 aromatic heterocycles. The van der Waals surface area contributed by atoms with E-state index in [1.807, 2.05) is 20.8 Å². The minimum Gasteiger partial charge on any atom is -0.372 e. The Bertz CT molecular complexity index is 582. The fraction of sp³-hybridized carbons (Fsp3) is 0.619. The molecule has 1 aliphatic heterocycles. The summed E-state index contributed by atoms with van der Waals surface area (Å²) in [6.07, 6.45) is 6.95. The van der Waals surface area contributed by atoms with Gasteiger partial charge in [-0.3, -0.25) is 9.59 Å². The van der Waals surface area contributed by atoms with Crippen LogP contribution in [0.15, 0.2) is 24.3 Å². The molecule has 144 valence electrons. The highest BCUT2D eigenvalue weighted by Gasteiger charge is 2.19. The molecule has 0 unspecified atom stereocenters. The van der Waals surface area contributed by atoms with Crippen molar-refractivity contribution in [2.24, 2.45) is 0 Å². The summed E-state index contributed by atoms with van der Waals surface area (Å²) in [4.78, 5) is 25.9. The van der Waals surface area contributed by atoms with Crippen molar-refractivity contribution in [2.75, 3.05) is 24.5 Å². The molecule has 0 bridgehead atoms. The van der Waals surface area contributed by atoms with Crippen LogP contribution in [0.2, 0.25) is 0 Å². The largest absolute Gasteiger partial charge is 0.372 e. The zero-order valence-electron chi connectivity index (χ0n) is 16.4. The number of benzene rings is 1. The molecule has 0 atom stereocenters. The fourth-order valence-electron chi connectivity index (χ4n) is 3.17. The van der Waals surface area contributed by atoms with Gasteiger partial charge < -0.3 is 15.5 Å². The van der Waals surface area contributed by atoms with E-state index in [9.17, 15) is 9.59 Å². The Labute approximate surface area is 157 Å². The van der Waals surface area contributed by atoms with Gasteiger partial charge in [-0.15, -0.1) is 0 Å². The second kappa shape index (κ2) is 9.60. The van der Waals surface area contributed by atoms with Crippen LogP contribution in [0.1, 0.15) is 58.4 Å². The molecule has 0 radical (unpaired) electrons. The molecule has 5 nitrogen and oxygen atoms in total. The molecule has 1 aromatic rings. The van der Waals surface area contributed by atoms with Crippen molar-refractivity contribution in [2.45, 2.75) is 64.8 Å². The standard InChI is InChI=1S/C21H33N3O2/c1-21(2,3)23-20(26)19(25)22-14-8-9-17-10-12-18(13-11-17)24-15-6-4-5-7-16-24/h10-13H,4-9,14-16H2,1-3H3,(H,22,25)(H,23,26). The van der Waals surface area contributed by atoms with Gasteiger partial charge in [-0.2, -0.15) is 0 Å². The van der Waals surface area contributed by atoms with E-state index in [0.29, 0.717) is 6.54 Å². The van der Waals surface area contributed by atoms with Crippen LogP contribution in [-0.4, -0.2) is 37.0 Å². The number of anilines is 1. The lowest BCUT2D eigenvalue weighted by atomic mass is 10.1. The first kappa shape index (κ1) is 20.3. The molecule has 1 saturated heterocycles. The summed E-state index contributed by atoms with van der Waals surface area (Å²) in [7, 11) is 0. The summed E-state index contributed by atoms with van der Waals surface area (Å²) < 4.78 is 0. The van der Waals surface area contributed by atoms with Crippen LogP contribution >= 0.6 is 0 Å². The van der Waals surface area contributed by atoms with Gasteiger partial charge in [0.15, 0.2) is 0 Å². The zero-order valence-corrected chi connectivity index (χ0v) is 16.4. The Hall–Kier alpha value is -2.04. The molecule has 1 aromatic carbocycles. The highest BCUT2D eigenvalue weighted by Crippen LogP contribution is 2.20. The lowest BCUT2D eigenvalue weighted by molar-refractivity contribution is -0.140. The minimum atomic E-state index is -0.570. The first-order valence-electron chi connectivity index (χ1n) is 9.79. The molecule has 2 N–H and O–H groups in total.